The molecule has 0 aliphatic heterocycles. The summed E-state index contributed by atoms with van der Waals surface area (Å²) in [5.74, 6) is 0.365. The molecule has 7 heteroatoms. The summed E-state index contributed by atoms with van der Waals surface area (Å²) >= 11 is 12.9. The van der Waals surface area contributed by atoms with Gasteiger partial charge in [-0.3, -0.25) is 0 Å². The Balaban J connectivity index is 2.19. The summed E-state index contributed by atoms with van der Waals surface area (Å²) in [7, 11) is -1.95. The molecule has 20 heavy (non-hydrogen) atoms. The summed E-state index contributed by atoms with van der Waals surface area (Å²) in [5.41, 5.74) is 0.887. The molecule has 0 aliphatic carbocycles. The van der Waals surface area contributed by atoms with Crippen LogP contribution in [0, 0.1) is 0 Å². The molecule has 0 fully saturated rings. The van der Waals surface area contributed by atoms with Crippen molar-refractivity contribution in [2.24, 2.45) is 0 Å². The minimum Gasteiger partial charge on any atom is -0.207 e. The number of thiophene rings is 1. The van der Waals surface area contributed by atoms with E-state index in [1.165, 1.54) is 15.6 Å². The van der Waals surface area contributed by atoms with Crippen LogP contribution in [0.25, 0.3) is 0 Å². The fourth-order valence-electron chi connectivity index (χ4n) is 1.67. The minimum absolute atomic E-state index is 0.261. The van der Waals surface area contributed by atoms with Gasteiger partial charge in [0, 0.05) is 24.3 Å². The van der Waals surface area contributed by atoms with Gasteiger partial charge in [0.1, 0.15) is 0 Å². The van der Waals surface area contributed by atoms with Crippen molar-refractivity contribution in [3.8, 4) is 0 Å². The Morgan fingerprint density at radius 3 is 2.30 bits per heavy atom. The number of benzene rings is 1. The Morgan fingerprint density at radius 1 is 1.15 bits per heavy atom. The van der Waals surface area contributed by atoms with Crippen molar-refractivity contribution in [1.82, 2.24) is 4.31 Å². The molecule has 0 spiro atoms. The lowest BCUT2D eigenvalue weighted by molar-refractivity contribution is 0.469. The summed E-state index contributed by atoms with van der Waals surface area (Å²) in [6, 6.07) is 10.2. The van der Waals surface area contributed by atoms with Crippen LogP contribution in [0.15, 0.2) is 41.3 Å². The maximum Gasteiger partial charge on any atom is 0.243 e. The van der Waals surface area contributed by atoms with Gasteiger partial charge in [-0.2, -0.15) is 4.31 Å². The first-order valence-electron chi connectivity index (χ1n) is 5.79. The average molecular weight is 350 g/mol. The molecule has 2 rings (SSSR count). The van der Waals surface area contributed by atoms with E-state index in [1.54, 1.807) is 37.4 Å². The van der Waals surface area contributed by atoms with E-state index in [0.29, 0.717) is 16.8 Å². The number of sulfonamides is 1. The minimum atomic E-state index is -3.50. The fourth-order valence-corrected chi connectivity index (χ4v) is 4.22. The molecule has 0 atom stereocenters. The fraction of sp³-hybridized carbons (Fsp3) is 0.231. The average Bonchev–Trinajstić information content (AvgIpc) is 2.84. The Hall–Kier alpha value is -0.590. The Bertz CT molecular complexity index is 681. The molecule has 0 bridgehead atoms. The maximum absolute atomic E-state index is 12.4. The SMILES string of the molecule is CN(Cc1ccc(Cl)s1)S(=O)(=O)c1ccc(CCl)cc1. The van der Waals surface area contributed by atoms with Gasteiger partial charge in [0.2, 0.25) is 10.0 Å². The number of hydrogen-bond acceptors (Lipinski definition) is 3. The number of nitrogens with zero attached hydrogens (tertiary/aromatic N) is 1. The standard InChI is InChI=1S/C13H13Cl2NO2S2/c1-16(9-11-4-7-13(15)19-11)20(17,18)12-5-2-10(8-14)3-6-12/h2-7H,8-9H2,1H3. The molecule has 1 aromatic carbocycles. The maximum atomic E-state index is 12.4. The third kappa shape index (κ3) is 3.54. The van der Waals surface area contributed by atoms with Crippen molar-refractivity contribution >= 4 is 44.6 Å². The molecule has 0 unspecified atom stereocenters. The van der Waals surface area contributed by atoms with Gasteiger partial charge in [-0.05, 0) is 29.8 Å². The summed E-state index contributed by atoms with van der Waals surface area (Å²) in [6.07, 6.45) is 0. The van der Waals surface area contributed by atoms with Gasteiger partial charge in [-0.15, -0.1) is 22.9 Å². The van der Waals surface area contributed by atoms with Gasteiger partial charge in [-0.25, -0.2) is 8.42 Å². The van der Waals surface area contributed by atoms with E-state index in [9.17, 15) is 8.42 Å². The largest absolute Gasteiger partial charge is 0.243 e. The molecule has 0 aliphatic rings. The lowest BCUT2D eigenvalue weighted by Crippen LogP contribution is -2.26. The lowest BCUT2D eigenvalue weighted by atomic mass is 10.2. The molecular formula is C13H13Cl2NO2S2. The van der Waals surface area contributed by atoms with E-state index in [4.69, 9.17) is 23.2 Å². The van der Waals surface area contributed by atoms with E-state index < -0.39 is 10.0 Å². The quantitative estimate of drug-likeness (QED) is 0.766. The van der Waals surface area contributed by atoms with Crippen LogP contribution in [0.5, 0.6) is 0 Å². The predicted octanol–water partition coefficient (Wildman–Crippen LogP) is 3.96. The second kappa shape index (κ2) is 6.45. The monoisotopic (exact) mass is 349 g/mol. The van der Waals surface area contributed by atoms with Gasteiger partial charge in [0.15, 0.2) is 0 Å². The van der Waals surface area contributed by atoms with Crippen LogP contribution >= 0.6 is 34.5 Å². The van der Waals surface area contributed by atoms with Crippen LogP contribution in [0.2, 0.25) is 4.34 Å². The Morgan fingerprint density at radius 2 is 1.80 bits per heavy atom. The highest BCUT2D eigenvalue weighted by atomic mass is 35.5. The Labute approximate surface area is 132 Å². The van der Waals surface area contributed by atoms with E-state index in [-0.39, 0.29) is 4.90 Å². The first kappa shape index (κ1) is 15.8. The van der Waals surface area contributed by atoms with Gasteiger partial charge in [0.05, 0.1) is 9.23 Å². The van der Waals surface area contributed by atoms with Crippen molar-refractivity contribution in [2.75, 3.05) is 7.05 Å². The van der Waals surface area contributed by atoms with Crippen molar-refractivity contribution < 1.29 is 8.42 Å². The molecule has 0 saturated carbocycles. The van der Waals surface area contributed by atoms with Crippen molar-refractivity contribution in [2.45, 2.75) is 17.3 Å². The normalized spacial score (nSPS) is 12.0. The third-order valence-corrected chi connectivity index (χ3v) is 6.14. The molecule has 0 radical (unpaired) electrons. The Kier molecular flexibility index (Phi) is 5.09. The third-order valence-electron chi connectivity index (χ3n) is 2.79. The van der Waals surface area contributed by atoms with Crippen LogP contribution in [0.3, 0.4) is 0 Å². The zero-order chi connectivity index (χ0) is 14.8. The van der Waals surface area contributed by atoms with Gasteiger partial charge >= 0.3 is 0 Å². The zero-order valence-corrected chi connectivity index (χ0v) is 13.9. The molecule has 3 nitrogen and oxygen atoms in total. The van der Waals surface area contributed by atoms with Crippen LogP contribution in [0.1, 0.15) is 10.4 Å². The van der Waals surface area contributed by atoms with Crippen molar-refractivity contribution in [1.29, 1.82) is 0 Å². The topological polar surface area (TPSA) is 37.4 Å². The summed E-state index contributed by atoms with van der Waals surface area (Å²) in [5, 5.41) is 0. The van der Waals surface area contributed by atoms with E-state index >= 15 is 0 Å². The van der Waals surface area contributed by atoms with Gasteiger partial charge in [-0.1, -0.05) is 23.7 Å². The molecule has 2 aromatic rings. The molecule has 108 valence electrons. The van der Waals surface area contributed by atoms with Crippen molar-refractivity contribution in [3.05, 3.63) is 51.2 Å². The van der Waals surface area contributed by atoms with E-state index in [0.717, 1.165) is 10.4 Å². The van der Waals surface area contributed by atoms with Gasteiger partial charge in [0.25, 0.3) is 0 Å². The lowest BCUT2D eigenvalue weighted by Gasteiger charge is -2.16. The highest BCUT2D eigenvalue weighted by molar-refractivity contribution is 7.89. The first-order chi connectivity index (χ1) is 9.43. The summed E-state index contributed by atoms with van der Waals surface area (Å²) in [4.78, 5) is 1.16. The number of rotatable bonds is 5. The number of halogens is 2. The molecule has 0 N–H and O–H groups in total. The molecule has 1 heterocycles. The smallest absolute Gasteiger partial charge is 0.207 e. The number of alkyl halides is 1. The van der Waals surface area contributed by atoms with Crippen LogP contribution in [0.4, 0.5) is 0 Å². The highest BCUT2D eigenvalue weighted by Crippen LogP contribution is 2.24. The first-order valence-corrected chi connectivity index (χ1v) is 8.96. The summed E-state index contributed by atoms with van der Waals surface area (Å²) in [6.45, 7) is 0.303. The van der Waals surface area contributed by atoms with Gasteiger partial charge < -0.3 is 0 Å². The van der Waals surface area contributed by atoms with E-state index in [2.05, 4.69) is 0 Å². The highest BCUT2D eigenvalue weighted by Gasteiger charge is 2.21. The number of hydrogen-bond donors (Lipinski definition) is 0. The molecular weight excluding hydrogens is 337 g/mol. The molecule has 1 aromatic heterocycles. The van der Waals surface area contributed by atoms with Crippen LogP contribution in [-0.2, 0) is 22.4 Å². The predicted molar refractivity (Wildman–Crippen MR) is 84.0 cm³/mol. The molecule has 0 amide bonds. The zero-order valence-electron chi connectivity index (χ0n) is 10.7. The van der Waals surface area contributed by atoms with Crippen LogP contribution < -0.4 is 0 Å². The van der Waals surface area contributed by atoms with Crippen molar-refractivity contribution in [3.63, 3.8) is 0 Å². The molecule has 0 saturated heterocycles. The van der Waals surface area contributed by atoms with Crippen LogP contribution in [-0.4, -0.2) is 19.8 Å². The summed E-state index contributed by atoms with van der Waals surface area (Å²) < 4.78 is 26.8. The van der Waals surface area contributed by atoms with E-state index in [1.807, 2.05) is 6.07 Å². The second-order valence-electron chi connectivity index (χ2n) is 4.24. The second-order valence-corrected chi connectivity index (χ2v) is 8.36.